The first kappa shape index (κ1) is 29.4. The maximum Gasteiger partial charge on any atom is 0.354 e. The van der Waals surface area contributed by atoms with Crippen LogP contribution in [0.3, 0.4) is 0 Å². The van der Waals surface area contributed by atoms with Crippen LogP contribution in [0.5, 0.6) is 0 Å². The summed E-state index contributed by atoms with van der Waals surface area (Å²) in [6, 6.07) is 16.8. The summed E-state index contributed by atoms with van der Waals surface area (Å²) >= 11 is 1.85. The van der Waals surface area contributed by atoms with Crippen molar-refractivity contribution in [1.29, 1.82) is 0 Å². The topological polar surface area (TPSA) is 153 Å². The quantitative estimate of drug-likeness (QED) is 0.0849. The number of thioether (sulfide) groups is 1. The van der Waals surface area contributed by atoms with E-state index in [4.69, 9.17) is 17.2 Å². The largest absolute Gasteiger partial charge is 0.370 e. The first-order valence-corrected chi connectivity index (χ1v) is 15.2. The minimum atomic E-state index is -0.317. The number of H-pyrrole nitrogens is 1. The smallest absolute Gasteiger partial charge is 0.354 e. The van der Waals surface area contributed by atoms with Crippen molar-refractivity contribution in [2.75, 3.05) is 31.6 Å². The van der Waals surface area contributed by atoms with E-state index < -0.39 is 0 Å². The Balaban J connectivity index is 1.51. The molecule has 0 atom stereocenters. The summed E-state index contributed by atoms with van der Waals surface area (Å²) in [4.78, 5) is 24.7. The summed E-state index contributed by atoms with van der Waals surface area (Å²) in [5, 5.41) is 4.27. The molecule has 2 aromatic carbocycles. The van der Waals surface area contributed by atoms with E-state index in [0.29, 0.717) is 18.7 Å². The number of aromatic amines is 1. The summed E-state index contributed by atoms with van der Waals surface area (Å²) in [6.45, 7) is 2.85. The van der Waals surface area contributed by atoms with Crippen LogP contribution < -0.4 is 28.2 Å². The van der Waals surface area contributed by atoms with Gasteiger partial charge in [-0.25, -0.2) is 4.79 Å². The number of rotatable bonds is 15. The molecule has 0 aliphatic carbocycles. The van der Waals surface area contributed by atoms with Crippen molar-refractivity contribution in [3.05, 3.63) is 81.9 Å². The number of benzene rings is 2. The third kappa shape index (κ3) is 8.20. The zero-order valence-electron chi connectivity index (χ0n) is 23.2. The molecule has 0 aliphatic rings. The van der Waals surface area contributed by atoms with Crippen LogP contribution in [0, 0.1) is 0 Å². The summed E-state index contributed by atoms with van der Waals surface area (Å²) < 4.78 is 1.60. The first-order valence-electron chi connectivity index (χ1n) is 13.8. The Hall–Kier alpha value is -3.60. The van der Waals surface area contributed by atoms with Crippen molar-refractivity contribution in [1.82, 2.24) is 19.9 Å². The molecule has 4 rings (SSSR count). The number of nitrogens with one attached hydrogen (secondary N) is 2. The van der Waals surface area contributed by atoms with Crippen molar-refractivity contribution in [3.8, 4) is 16.9 Å². The van der Waals surface area contributed by atoms with E-state index in [1.54, 1.807) is 4.57 Å². The molecular formula is C30H40N8OS. The van der Waals surface area contributed by atoms with Crippen LogP contribution in [0.4, 0.5) is 0 Å². The molecule has 0 saturated heterocycles. The molecule has 9 nitrogen and oxygen atoms in total. The first-order chi connectivity index (χ1) is 19.5. The molecule has 2 heterocycles. The van der Waals surface area contributed by atoms with Crippen LogP contribution in [0.15, 0.2) is 64.5 Å². The average Bonchev–Trinajstić information content (AvgIpc) is 3.36. The summed E-state index contributed by atoms with van der Waals surface area (Å²) in [5.74, 6) is 1.20. The van der Waals surface area contributed by atoms with Gasteiger partial charge in [0.2, 0.25) is 0 Å². The van der Waals surface area contributed by atoms with Gasteiger partial charge in [0.1, 0.15) is 5.65 Å². The monoisotopic (exact) mass is 560 g/mol. The average molecular weight is 561 g/mol. The molecule has 10 heteroatoms. The fourth-order valence-electron chi connectivity index (χ4n) is 4.65. The standard InChI is InChI=1S/C30H40N8OS/c1-40-14-10-23-15-22(5-2-3-11-31)16-24(17-23)27-18-25-20-38(30(39)37-28(25)36-27)26-8-6-21(7-9-26)19-34-12-4-13-35-29(32)33/h6-9,15-18,20,34H,2-5,10-14,19,31H2,1H3,(H4,32,33,35)(H,36,37,39). The maximum atomic E-state index is 12.9. The number of guanidine groups is 1. The van der Waals surface area contributed by atoms with E-state index in [2.05, 4.69) is 50.8 Å². The number of aromatic nitrogens is 3. The highest BCUT2D eigenvalue weighted by atomic mass is 32.2. The summed E-state index contributed by atoms with van der Waals surface area (Å²) in [5.41, 5.74) is 23.3. The van der Waals surface area contributed by atoms with Gasteiger partial charge in [0.05, 0.1) is 5.69 Å². The maximum absolute atomic E-state index is 12.9. The third-order valence-corrected chi connectivity index (χ3v) is 7.35. The summed E-state index contributed by atoms with van der Waals surface area (Å²) in [6.07, 6.45) is 8.97. The minimum Gasteiger partial charge on any atom is -0.370 e. The highest BCUT2D eigenvalue weighted by Crippen LogP contribution is 2.26. The van der Waals surface area contributed by atoms with Crippen molar-refractivity contribution >= 4 is 28.8 Å². The molecule has 0 spiro atoms. The van der Waals surface area contributed by atoms with Crippen molar-refractivity contribution in [2.24, 2.45) is 22.2 Å². The lowest BCUT2D eigenvalue weighted by Gasteiger charge is -2.09. The van der Waals surface area contributed by atoms with Crippen LogP contribution in [0.1, 0.15) is 36.0 Å². The Morgan fingerprint density at radius 1 is 1.02 bits per heavy atom. The van der Waals surface area contributed by atoms with E-state index in [1.807, 2.05) is 42.2 Å². The lowest BCUT2D eigenvalue weighted by Crippen LogP contribution is -2.23. The number of hydrogen-bond acceptors (Lipinski definition) is 6. The number of nitrogens with zero attached hydrogens (tertiary/aromatic N) is 3. The van der Waals surface area contributed by atoms with E-state index in [9.17, 15) is 4.79 Å². The molecule has 4 aromatic rings. The van der Waals surface area contributed by atoms with Gasteiger partial charge in [0, 0.05) is 30.4 Å². The van der Waals surface area contributed by atoms with Gasteiger partial charge in [-0.3, -0.25) is 9.56 Å². The Labute approximate surface area is 239 Å². The van der Waals surface area contributed by atoms with Crippen LogP contribution in [-0.4, -0.2) is 52.1 Å². The zero-order valence-corrected chi connectivity index (χ0v) is 24.0. The van der Waals surface area contributed by atoms with Gasteiger partial charge >= 0.3 is 5.69 Å². The van der Waals surface area contributed by atoms with Crippen molar-refractivity contribution < 1.29 is 0 Å². The number of aliphatic imine (C=N–C) groups is 1. The second-order valence-electron chi connectivity index (χ2n) is 9.91. The molecular weight excluding hydrogens is 520 g/mol. The number of nitrogens with two attached hydrogens (primary N) is 3. The van der Waals surface area contributed by atoms with Gasteiger partial charge in [-0.2, -0.15) is 16.7 Å². The molecule has 0 saturated carbocycles. The molecule has 8 N–H and O–H groups in total. The van der Waals surface area contributed by atoms with Gasteiger partial charge in [-0.15, -0.1) is 0 Å². The fraction of sp³-hybridized carbons (Fsp3) is 0.367. The Bertz CT molecular complexity index is 1470. The highest BCUT2D eigenvalue weighted by molar-refractivity contribution is 7.98. The van der Waals surface area contributed by atoms with E-state index in [0.717, 1.165) is 78.8 Å². The zero-order chi connectivity index (χ0) is 28.3. The van der Waals surface area contributed by atoms with Crippen molar-refractivity contribution in [2.45, 2.75) is 38.6 Å². The molecule has 0 radical (unpaired) electrons. The van der Waals surface area contributed by atoms with E-state index in [1.165, 1.54) is 11.1 Å². The van der Waals surface area contributed by atoms with Crippen LogP contribution >= 0.6 is 11.8 Å². The van der Waals surface area contributed by atoms with Crippen LogP contribution in [-0.2, 0) is 19.4 Å². The molecule has 0 fully saturated rings. The van der Waals surface area contributed by atoms with E-state index in [-0.39, 0.29) is 11.6 Å². The lowest BCUT2D eigenvalue weighted by atomic mass is 9.99. The number of unbranched alkanes of at least 4 members (excludes halogenated alkanes) is 1. The van der Waals surface area contributed by atoms with Gasteiger partial charge in [0.15, 0.2) is 5.96 Å². The third-order valence-electron chi connectivity index (χ3n) is 6.74. The Morgan fingerprint density at radius 3 is 2.52 bits per heavy atom. The Kier molecular flexibility index (Phi) is 10.8. The molecule has 0 unspecified atom stereocenters. The van der Waals surface area contributed by atoms with Crippen LogP contribution in [0.25, 0.3) is 28.0 Å². The summed E-state index contributed by atoms with van der Waals surface area (Å²) in [7, 11) is 0. The molecule has 0 aliphatic heterocycles. The van der Waals surface area contributed by atoms with Gasteiger partial charge in [0.25, 0.3) is 0 Å². The number of fused-ring (bicyclic) bond motifs is 1. The predicted molar refractivity (Wildman–Crippen MR) is 168 cm³/mol. The predicted octanol–water partition coefficient (Wildman–Crippen LogP) is 3.32. The van der Waals surface area contributed by atoms with Crippen LogP contribution in [0.2, 0.25) is 0 Å². The Morgan fingerprint density at radius 2 is 1.80 bits per heavy atom. The molecule has 0 bridgehead atoms. The second kappa shape index (κ2) is 14.7. The van der Waals surface area contributed by atoms with Gasteiger partial charge < -0.3 is 27.5 Å². The molecule has 40 heavy (non-hydrogen) atoms. The lowest BCUT2D eigenvalue weighted by molar-refractivity contribution is 0.655. The van der Waals surface area contributed by atoms with E-state index >= 15 is 0 Å². The molecule has 212 valence electrons. The fourth-order valence-corrected chi connectivity index (χ4v) is 5.09. The van der Waals surface area contributed by atoms with Crippen molar-refractivity contribution in [3.63, 3.8) is 0 Å². The number of aryl methyl sites for hydroxylation is 2. The minimum absolute atomic E-state index is 0.119. The molecule has 0 amide bonds. The second-order valence-corrected chi connectivity index (χ2v) is 10.9. The van der Waals surface area contributed by atoms with Gasteiger partial charge in [-0.05, 0) is 110 Å². The SMILES string of the molecule is CSCCc1cc(CCCCN)cc(-c2cc3cn(-c4ccc(CNCCCN=C(N)N)cc4)c(=O)nc3[nH]2)c1. The molecule has 2 aromatic heterocycles. The number of hydrogen-bond donors (Lipinski definition) is 5. The van der Waals surface area contributed by atoms with Gasteiger partial charge in [-0.1, -0.05) is 18.2 Å². The highest BCUT2D eigenvalue weighted by Gasteiger charge is 2.11. The normalized spacial score (nSPS) is 11.2.